The first kappa shape index (κ1) is 14.2. The van der Waals surface area contributed by atoms with Crippen molar-refractivity contribution in [1.82, 2.24) is 15.4 Å². The minimum atomic E-state index is -4.56. The van der Waals surface area contributed by atoms with Crippen LogP contribution in [0.3, 0.4) is 0 Å². The van der Waals surface area contributed by atoms with Crippen molar-refractivity contribution in [2.45, 2.75) is 133 Å². The molecular formula is C48H51N3O. The van der Waals surface area contributed by atoms with Crippen molar-refractivity contribution in [1.29, 1.82) is 0 Å². The van der Waals surface area contributed by atoms with Crippen LogP contribution in [0.25, 0.3) is 44.2 Å². The normalized spacial score (nSPS) is 50.1. The van der Waals surface area contributed by atoms with E-state index in [1.165, 1.54) is 30.3 Å². The summed E-state index contributed by atoms with van der Waals surface area (Å²) in [4.78, 5) is 0. The van der Waals surface area contributed by atoms with Gasteiger partial charge < -0.3 is 4.42 Å². The Balaban J connectivity index is 1.48. The van der Waals surface area contributed by atoms with Crippen LogP contribution in [0, 0.1) is 13.8 Å². The fourth-order valence-corrected chi connectivity index (χ4v) is 7.77. The van der Waals surface area contributed by atoms with Crippen LogP contribution in [0.4, 0.5) is 0 Å². The third-order valence-electron chi connectivity index (χ3n) is 10.2. The molecule has 0 bridgehead atoms. The van der Waals surface area contributed by atoms with Crippen LogP contribution in [0.2, 0.25) is 0 Å². The summed E-state index contributed by atoms with van der Waals surface area (Å²) in [6, 6.07) is 17.9. The molecule has 6 aromatic rings. The minimum Gasteiger partial charge on any atom is -0.456 e. The van der Waals surface area contributed by atoms with Crippen LogP contribution < -0.4 is 0 Å². The Labute approximate surface area is 349 Å². The molecule has 0 amide bonds. The number of benzene rings is 4. The Morgan fingerprint density at radius 2 is 1.42 bits per heavy atom. The lowest BCUT2D eigenvalue weighted by Crippen LogP contribution is -2.25. The van der Waals surface area contributed by atoms with E-state index in [1.54, 1.807) is 32.0 Å². The summed E-state index contributed by atoms with van der Waals surface area (Å²) in [7, 11) is 0. The average Bonchev–Trinajstić information content (AvgIpc) is 1.73. The zero-order valence-corrected chi connectivity index (χ0v) is 28.0. The van der Waals surface area contributed by atoms with Gasteiger partial charge in [-0.05, 0) is 138 Å². The number of fused-ring (bicyclic) bond motifs is 6. The Morgan fingerprint density at radius 1 is 0.673 bits per heavy atom. The Morgan fingerprint density at radius 3 is 2.33 bits per heavy atom. The lowest BCUT2D eigenvalue weighted by molar-refractivity contribution is 0.360. The molecule has 0 aliphatic heterocycles. The van der Waals surface area contributed by atoms with Gasteiger partial charge in [0.2, 0.25) is 0 Å². The number of nitrogens with zero attached hydrogens (tertiary/aromatic N) is 3. The van der Waals surface area contributed by atoms with E-state index in [1.807, 2.05) is 18.2 Å². The third kappa shape index (κ3) is 5.26. The number of aryl methyl sites for hydroxylation is 1. The van der Waals surface area contributed by atoms with Gasteiger partial charge in [0, 0.05) is 67.9 Å². The van der Waals surface area contributed by atoms with Gasteiger partial charge >= 0.3 is 0 Å². The molecule has 4 heteroatoms. The molecule has 52 heavy (non-hydrogen) atoms. The number of furan rings is 1. The van der Waals surface area contributed by atoms with Gasteiger partial charge in [-0.1, -0.05) is 106 Å². The first-order valence-electron chi connectivity index (χ1n) is 31.5. The molecule has 264 valence electrons. The van der Waals surface area contributed by atoms with Gasteiger partial charge in [-0.2, -0.15) is 0 Å². The molecular weight excluding hydrogens is 635 g/mol. The van der Waals surface area contributed by atoms with E-state index in [2.05, 4.69) is 15.4 Å². The largest absolute Gasteiger partial charge is 0.456 e. The highest BCUT2D eigenvalue weighted by Crippen LogP contribution is 2.55. The molecule has 4 aromatic carbocycles. The van der Waals surface area contributed by atoms with E-state index in [9.17, 15) is 23.3 Å². The third-order valence-corrected chi connectivity index (χ3v) is 10.2. The Hall–Kier alpha value is -4.31. The SMILES string of the molecule is [2H]C1C([2H])([2H])C([2H])([2H])C([2H])([2H])C([2H])([2H])C1([2H])c1nnnc(C2C([2H])([2H])C([2H])([2H])C([2H])([2H])C([2H])([2H])C2([2H])c2c(-c3c(C)c(C)cc4c3Cc3ccccc3-4)ccc3oc4ccccc4c23)c1C1([2H])C([2H])C([2H])([2H])C([2H])([2H])C([2H])([2H])C1([2H])[2H]. The van der Waals surface area contributed by atoms with Gasteiger partial charge in [0.05, 0.1) is 11.4 Å². The number of rotatable bonds is 5. The summed E-state index contributed by atoms with van der Waals surface area (Å²) >= 11 is 0. The summed E-state index contributed by atoms with van der Waals surface area (Å²) in [5.74, 6) is -16.3. The van der Waals surface area contributed by atoms with Crippen LogP contribution >= 0.6 is 0 Å². The minimum absolute atomic E-state index is 0.0471. The van der Waals surface area contributed by atoms with E-state index >= 15 is 0 Å². The predicted octanol–water partition coefficient (Wildman–Crippen LogP) is 13.2. The topological polar surface area (TPSA) is 51.8 Å². The predicted molar refractivity (Wildman–Crippen MR) is 212 cm³/mol. The van der Waals surface area contributed by atoms with E-state index in [0.29, 0.717) is 22.3 Å². The molecule has 0 radical (unpaired) electrons. The fourth-order valence-electron chi connectivity index (χ4n) is 7.77. The highest BCUT2D eigenvalue weighted by molar-refractivity contribution is 6.09. The van der Waals surface area contributed by atoms with Crippen molar-refractivity contribution in [2.24, 2.45) is 0 Å². The molecule has 0 spiro atoms. The quantitative estimate of drug-likeness (QED) is 0.178. The monoisotopic (exact) mass is 715 g/mol. The molecule has 0 N–H and O–H groups in total. The summed E-state index contributed by atoms with van der Waals surface area (Å²) < 4.78 is 279. The maximum atomic E-state index is 11.3. The van der Waals surface area contributed by atoms with Gasteiger partial charge in [-0.15, -0.1) is 10.2 Å². The van der Waals surface area contributed by atoms with Gasteiger partial charge in [0.15, 0.2) is 0 Å². The molecule has 2 heterocycles. The highest BCUT2D eigenvalue weighted by Gasteiger charge is 2.39. The number of hydrogen-bond acceptors (Lipinski definition) is 4. The van der Waals surface area contributed by atoms with Crippen molar-refractivity contribution >= 4 is 21.9 Å². The first-order valence-corrected chi connectivity index (χ1v) is 16.9. The van der Waals surface area contributed by atoms with Crippen LogP contribution in [-0.4, -0.2) is 15.4 Å². The fraction of sp³-hybridized carbons (Fsp3) is 0.438. The van der Waals surface area contributed by atoms with Crippen LogP contribution in [0.5, 0.6) is 0 Å². The van der Waals surface area contributed by atoms with Crippen LogP contribution in [-0.2, 0) is 6.42 Å². The Bertz CT molecular complexity index is 3670. The highest BCUT2D eigenvalue weighted by atomic mass is 16.3. The van der Waals surface area contributed by atoms with Crippen molar-refractivity contribution in [2.75, 3.05) is 0 Å². The summed E-state index contributed by atoms with van der Waals surface area (Å²) in [5.41, 5.74) is -2.63. The van der Waals surface area contributed by atoms with Gasteiger partial charge in [0.1, 0.15) is 11.2 Å². The van der Waals surface area contributed by atoms with E-state index in [4.69, 9.17) is 20.9 Å². The van der Waals surface area contributed by atoms with Crippen LogP contribution in [0.1, 0.15) is 197 Å². The molecule has 3 saturated carbocycles. The number of aromatic nitrogens is 3. The van der Waals surface area contributed by atoms with Gasteiger partial charge in [-0.3, -0.25) is 0 Å². The van der Waals surface area contributed by atoms with Crippen molar-refractivity contribution < 1.29 is 44.2 Å². The Kier molecular flexibility index (Phi) is 3.61. The van der Waals surface area contributed by atoms with Gasteiger partial charge in [0.25, 0.3) is 0 Å². The first-order chi connectivity index (χ1) is 36.6. The summed E-state index contributed by atoms with van der Waals surface area (Å²) in [6.07, 6.45) is -58.1. The van der Waals surface area contributed by atoms with Crippen molar-refractivity contribution in [3.63, 3.8) is 0 Å². The van der Waals surface area contributed by atoms with E-state index in [0.717, 1.165) is 11.1 Å². The summed E-state index contributed by atoms with van der Waals surface area (Å²) in [5, 5.41) is 11.0. The molecule has 4 aliphatic carbocycles. The second-order valence-corrected chi connectivity index (χ2v) is 12.9. The van der Waals surface area contributed by atoms with E-state index < -0.39 is 135 Å². The maximum Gasteiger partial charge on any atom is 0.135 e. The van der Waals surface area contributed by atoms with Gasteiger partial charge in [-0.25, -0.2) is 0 Å². The smallest absolute Gasteiger partial charge is 0.135 e. The molecule has 10 rings (SSSR count). The van der Waals surface area contributed by atoms with Crippen LogP contribution in [0.15, 0.2) is 71.1 Å². The zero-order chi connectivity index (χ0) is 60.8. The number of para-hydroxylation sites is 1. The molecule has 6 atom stereocenters. The van der Waals surface area contributed by atoms with Crippen molar-refractivity contribution in [3.8, 4) is 22.3 Å². The lowest BCUT2D eigenvalue weighted by Gasteiger charge is -2.37. The standard InChI is InChI=1S/C48H51N3O/c1-29-27-39-34-20-10-9-19-33(34)28-40(39)43(30(29)2)38-25-26-42-46(37-23-13-14-24-41(37)52-42)45(38)35-21-11-12-22-36(35)48-44(31-15-5-3-6-16-31)47(49-51-50-48)32-17-7-4-8-18-32/h9-10,13-14,19-20,23-27,31-32,35-36H,3-8,11-12,15-18,21-22,28H2,1-2H3/i3D2,4D2,5D2,6D2,7D2,8D2,11D2,12D2,15D,16D2,17D,18D2,21D2,22D2,31D,32D,35D. The lowest BCUT2D eigenvalue weighted by atomic mass is 9.68. The number of hydrogen-bond donors (Lipinski definition) is 0. The average molecular weight is 715 g/mol. The molecule has 4 aliphatic rings. The second-order valence-electron chi connectivity index (χ2n) is 12.9. The van der Waals surface area contributed by atoms with Crippen molar-refractivity contribution in [3.05, 3.63) is 111 Å². The zero-order valence-electron chi connectivity index (χ0n) is 57.0. The second kappa shape index (κ2) is 13.3. The molecule has 2 aromatic heterocycles. The molecule has 6 unspecified atom stereocenters. The van der Waals surface area contributed by atoms with E-state index in [-0.39, 0.29) is 39.5 Å². The maximum absolute atomic E-state index is 11.3. The molecule has 0 saturated heterocycles. The molecule has 4 nitrogen and oxygen atoms in total. The molecule has 3 fully saturated rings. The summed E-state index contributed by atoms with van der Waals surface area (Å²) in [6.45, 7) is 3.43.